The fraction of sp³-hybridized carbons (Fsp3) is 0.794. The minimum absolute atomic E-state index is 0.749. The van der Waals surface area contributed by atoms with E-state index in [1.165, 1.54) is 95.5 Å². The first kappa shape index (κ1) is 28.0. The number of aliphatic imine (C=N–C) groups is 1. The van der Waals surface area contributed by atoms with Gasteiger partial charge in [0, 0.05) is 0 Å². The molecule has 0 radical (unpaired) electrons. The molecule has 0 atom stereocenters. The van der Waals surface area contributed by atoms with Gasteiger partial charge in [-0.3, -0.25) is 0 Å². The summed E-state index contributed by atoms with van der Waals surface area (Å²) in [7, 11) is 0. The van der Waals surface area contributed by atoms with Gasteiger partial charge in [0.15, 0.2) is 0 Å². The molecular formula is C34H53NS. The summed E-state index contributed by atoms with van der Waals surface area (Å²) < 4.78 is 0. The van der Waals surface area contributed by atoms with E-state index in [4.69, 9.17) is 12.2 Å². The van der Waals surface area contributed by atoms with E-state index in [1.807, 2.05) is 0 Å². The molecule has 3 fully saturated rings. The maximum absolute atomic E-state index is 4.73. The smallest absolute Gasteiger partial charge is 0.0739 e. The van der Waals surface area contributed by atoms with Crippen molar-refractivity contribution in [2.75, 3.05) is 0 Å². The molecule has 0 amide bonds. The minimum atomic E-state index is 0.749. The molecule has 0 saturated heterocycles. The van der Waals surface area contributed by atoms with Crippen LogP contribution in [0.4, 0.5) is 5.69 Å². The van der Waals surface area contributed by atoms with E-state index in [0.29, 0.717) is 0 Å². The van der Waals surface area contributed by atoms with Crippen molar-refractivity contribution < 1.29 is 0 Å². The van der Waals surface area contributed by atoms with Crippen LogP contribution in [0.3, 0.4) is 0 Å². The molecule has 3 saturated carbocycles. The largest absolute Gasteiger partial charge is 0.195 e. The predicted octanol–water partition coefficient (Wildman–Crippen LogP) is 11.4. The summed E-state index contributed by atoms with van der Waals surface area (Å²) in [6, 6.07) is 8.74. The van der Waals surface area contributed by atoms with Crippen molar-refractivity contribution in [3.8, 4) is 0 Å². The van der Waals surface area contributed by atoms with Gasteiger partial charge in [-0.05, 0) is 130 Å². The van der Waals surface area contributed by atoms with Crippen molar-refractivity contribution in [2.45, 2.75) is 141 Å². The van der Waals surface area contributed by atoms with E-state index in [2.05, 4.69) is 41.3 Å². The summed E-state index contributed by atoms with van der Waals surface area (Å²) in [5.74, 6) is 5.96. The van der Waals surface area contributed by atoms with Gasteiger partial charge in [-0.1, -0.05) is 83.3 Å². The zero-order valence-corrected chi connectivity index (χ0v) is 24.1. The van der Waals surface area contributed by atoms with Crippen molar-refractivity contribution in [1.82, 2.24) is 0 Å². The fourth-order valence-corrected chi connectivity index (χ4v) is 8.33. The van der Waals surface area contributed by atoms with Crippen molar-refractivity contribution in [2.24, 2.45) is 34.6 Å². The van der Waals surface area contributed by atoms with Crippen LogP contribution in [0.5, 0.6) is 0 Å². The normalized spacial score (nSPS) is 31.0. The third-order valence-corrected chi connectivity index (χ3v) is 10.7. The van der Waals surface area contributed by atoms with Crippen LogP contribution >= 0.6 is 12.2 Å². The molecule has 0 aliphatic heterocycles. The first-order valence-corrected chi connectivity index (χ1v) is 16.4. The molecule has 3 aliphatic rings. The summed E-state index contributed by atoms with van der Waals surface area (Å²) in [6.07, 6.45) is 29.7. The molecule has 0 N–H and O–H groups in total. The van der Waals surface area contributed by atoms with Crippen molar-refractivity contribution >= 4 is 23.1 Å². The molecule has 0 bridgehead atoms. The molecular weight excluding hydrogens is 454 g/mol. The van der Waals surface area contributed by atoms with Gasteiger partial charge in [-0.2, -0.15) is 4.99 Å². The van der Waals surface area contributed by atoms with E-state index in [0.717, 1.165) is 41.2 Å². The molecule has 4 rings (SSSR count). The zero-order valence-electron chi connectivity index (χ0n) is 23.3. The average molecular weight is 508 g/mol. The van der Waals surface area contributed by atoms with Crippen molar-refractivity contribution in [1.29, 1.82) is 0 Å². The van der Waals surface area contributed by atoms with Crippen molar-refractivity contribution in [3.63, 3.8) is 0 Å². The first-order chi connectivity index (χ1) is 17.8. The second-order valence-corrected chi connectivity index (χ2v) is 13.0. The van der Waals surface area contributed by atoms with Crippen LogP contribution in [0.25, 0.3) is 0 Å². The minimum Gasteiger partial charge on any atom is -0.195 e. The zero-order chi connectivity index (χ0) is 25.0. The lowest BCUT2D eigenvalue weighted by atomic mass is 9.64. The third-order valence-electron chi connectivity index (χ3n) is 10.6. The highest BCUT2D eigenvalue weighted by Gasteiger charge is 2.34. The molecule has 0 aromatic heterocycles. The van der Waals surface area contributed by atoms with Crippen molar-refractivity contribution in [3.05, 3.63) is 29.8 Å². The Labute approximate surface area is 228 Å². The molecule has 1 nitrogen and oxygen atoms in total. The van der Waals surface area contributed by atoms with Crippen LogP contribution < -0.4 is 0 Å². The van der Waals surface area contributed by atoms with Gasteiger partial charge in [-0.25, -0.2) is 0 Å². The van der Waals surface area contributed by atoms with Gasteiger partial charge in [0.25, 0.3) is 0 Å². The van der Waals surface area contributed by atoms with Crippen LogP contribution in [0.2, 0.25) is 0 Å². The van der Waals surface area contributed by atoms with Gasteiger partial charge in [0.2, 0.25) is 0 Å². The molecule has 1 aromatic carbocycles. The summed E-state index contributed by atoms with van der Waals surface area (Å²) in [4.78, 5) is 4.10. The molecule has 0 heterocycles. The lowest BCUT2D eigenvalue weighted by molar-refractivity contribution is 0.108. The number of isothiocyanates is 1. The second-order valence-electron chi connectivity index (χ2n) is 12.8. The number of unbranched alkanes of at least 4 members (excludes halogenated alkanes) is 6. The Morgan fingerprint density at radius 2 is 1.11 bits per heavy atom. The number of rotatable bonds is 12. The van der Waals surface area contributed by atoms with Crippen LogP contribution in [0.1, 0.15) is 147 Å². The molecule has 0 unspecified atom stereocenters. The standard InChI is InChI=1S/C34H53NS/c1-2-3-4-5-6-7-8-9-27-10-12-28(13-11-27)29-14-16-30(17-15-29)31-18-20-32(21-19-31)33-22-24-34(25-23-33)35-26-36/h22-25,27-32H,2-21H2,1H3. The lowest BCUT2D eigenvalue weighted by Crippen LogP contribution is -2.29. The lowest BCUT2D eigenvalue weighted by Gasteiger charge is -2.41. The molecule has 2 heteroatoms. The number of thiocarbonyl (C=S) groups is 1. The van der Waals surface area contributed by atoms with Gasteiger partial charge in [0.05, 0.1) is 10.8 Å². The predicted molar refractivity (Wildman–Crippen MR) is 159 cm³/mol. The molecule has 200 valence electrons. The van der Waals surface area contributed by atoms with Gasteiger partial charge in [0.1, 0.15) is 0 Å². The Hall–Kier alpha value is -0.980. The SMILES string of the molecule is CCCCCCCCCC1CCC(C2CCC(C3CCC(c4ccc(N=C=S)cc4)CC3)CC2)CC1. The monoisotopic (exact) mass is 507 g/mol. The van der Waals surface area contributed by atoms with Gasteiger partial charge in [-0.15, -0.1) is 0 Å². The quantitative estimate of drug-likeness (QED) is 0.156. The molecule has 36 heavy (non-hydrogen) atoms. The van der Waals surface area contributed by atoms with E-state index in [-0.39, 0.29) is 0 Å². The second kappa shape index (κ2) is 15.4. The highest BCUT2D eigenvalue weighted by Crippen LogP contribution is 2.47. The van der Waals surface area contributed by atoms with Crippen LogP contribution in [0.15, 0.2) is 29.3 Å². The topological polar surface area (TPSA) is 12.4 Å². The van der Waals surface area contributed by atoms with Crippen LogP contribution in [-0.4, -0.2) is 5.16 Å². The number of hydrogen-bond acceptors (Lipinski definition) is 2. The molecule has 3 aliphatic carbocycles. The first-order valence-electron chi connectivity index (χ1n) is 15.9. The van der Waals surface area contributed by atoms with E-state index >= 15 is 0 Å². The molecule has 1 aromatic rings. The summed E-state index contributed by atoms with van der Waals surface area (Å²) >= 11 is 4.73. The Bertz CT molecular complexity index is 770. The summed E-state index contributed by atoms with van der Waals surface area (Å²) in [5, 5.41) is 2.47. The highest BCUT2D eigenvalue weighted by atomic mass is 32.1. The van der Waals surface area contributed by atoms with Gasteiger partial charge < -0.3 is 0 Å². The molecule has 0 spiro atoms. The Morgan fingerprint density at radius 3 is 1.64 bits per heavy atom. The van der Waals surface area contributed by atoms with Crippen LogP contribution in [-0.2, 0) is 0 Å². The highest BCUT2D eigenvalue weighted by molar-refractivity contribution is 7.78. The Balaban J connectivity index is 1.09. The van der Waals surface area contributed by atoms with Gasteiger partial charge >= 0.3 is 0 Å². The van der Waals surface area contributed by atoms with E-state index in [9.17, 15) is 0 Å². The summed E-state index contributed by atoms with van der Waals surface area (Å²) in [5.41, 5.74) is 2.43. The van der Waals surface area contributed by atoms with E-state index in [1.54, 1.807) is 38.5 Å². The maximum Gasteiger partial charge on any atom is 0.0739 e. The third kappa shape index (κ3) is 8.52. The number of nitrogens with zero attached hydrogens (tertiary/aromatic N) is 1. The fourth-order valence-electron chi connectivity index (χ4n) is 8.22. The number of benzene rings is 1. The Kier molecular flexibility index (Phi) is 12.0. The summed E-state index contributed by atoms with van der Waals surface area (Å²) in [6.45, 7) is 2.32. The van der Waals surface area contributed by atoms with Crippen LogP contribution in [0, 0.1) is 29.6 Å². The maximum atomic E-state index is 4.73. The Morgan fingerprint density at radius 1 is 0.639 bits per heavy atom. The van der Waals surface area contributed by atoms with E-state index < -0.39 is 0 Å². The number of hydrogen-bond donors (Lipinski definition) is 0. The average Bonchev–Trinajstić information content (AvgIpc) is 2.94.